The average Bonchev–Trinajstić information content (AvgIpc) is 2.89. The lowest BCUT2D eigenvalue weighted by molar-refractivity contribution is -0.0630. The summed E-state index contributed by atoms with van der Waals surface area (Å²) in [5.41, 5.74) is 5.83. The highest BCUT2D eigenvalue weighted by Gasteiger charge is 2.43. The minimum Gasteiger partial charge on any atom is -0.373 e. The van der Waals surface area contributed by atoms with Crippen LogP contribution in [0, 0.1) is 0 Å². The van der Waals surface area contributed by atoms with E-state index < -0.39 is 0 Å². The summed E-state index contributed by atoms with van der Waals surface area (Å²) in [6.45, 7) is 2.84. The third kappa shape index (κ3) is 2.75. The monoisotopic (exact) mass is 288 g/mol. The van der Waals surface area contributed by atoms with E-state index in [2.05, 4.69) is 36.6 Å². The maximum absolute atomic E-state index is 6.24. The number of benzene rings is 1. The predicted octanol–water partition coefficient (Wildman–Crippen LogP) is 3.81. The molecule has 3 nitrogen and oxygen atoms in total. The van der Waals surface area contributed by atoms with Crippen LogP contribution in [0.15, 0.2) is 24.3 Å². The molecule has 116 valence electrons. The van der Waals surface area contributed by atoms with Crippen molar-refractivity contribution in [3.63, 3.8) is 0 Å². The molecule has 3 heteroatoms. The van der Waals surface area contributed by atoms with Crippen LogP contribution in [-0.2, 0) is 4.74 Å². The van der Waals surface area contributed by atoms with Crippen LogP contribution in [0.3, 0.4) is 0 Å². The Balaban J connectivity index is 1.95. The van der Waals surface area contributed by atoms with Gasteiger partial charge in [-0.25, -0.2) is 0 Å². The number of nitrogens with one attached hydrogen (secondary N) is 1. The summed E-state index contributed by atoms with van der Waals surface area (Å²) in [5, 5.41) is 0. The number of nitrogens with two attached hydrogens (primary N) is 1. The second kappa shape index (κ2) is 6.47. The van der Waals surface area contributed by atoms with Crippen molar-refractivity contribution >= 4 is 0 Å². The van der Waals surface area contributed by atoms with Gasteiger partial charge >= 0.3 is 0 Å². The zero-order chi connectivity index (χ0) is 14.7. The molecule has 21 heavy (non-hydrogen) atoms. The Morgan fingerprint density at radius 3 is 2.52 bits per heavy atom. The second-order valence-electron chi connectivity index (χ2n) is 6.56. The molecular formula is C18H28N2O. The van der Waals surface area contributed by atoms with Gasteiger partial charge in [0.25, 0.3) is 0 Å². The van der Waals surface area contributed by atoms with Gasteiger partial charge in [-0.3, -0.25) is 11.3 Å². The average molecular weight is 288 g/mol. The van der Waals surface area contributed by atoms with E-state index in [1.54, 1.807) is 0 Å². The van der Waals surface area contributed by atoms with Crippen LogP contribution >= 0.6 is 0 Å². The zero-order valence-electron chi connectivity index (χ0n) is 13.1. The van der Waals surface area contributed by atoms with E-state index >= 15 is 0 Å². The standard InChI is InChI=1S/C18H28N2O/c1-2-21-18(12-5-6-13-18)17(20-19)16-11-4-3-10-15(16)14-8-7-9-14/h3-4,10-11,14,17,20H,2,5-9,12-13,19H2,1H3. The van der Waals surface area contributed by atoms with Gasteiger partial charge in [-0.15, -0.1) is 0 Å². The molecule has 1 aromatic rings. The summed E-state index contributed by atoms with van der Waals surface area (Å²) in [6, 6.07) is 8.94. The van der Waals surface area contributed by atoms with Crippen LogP contribution in [0.4, 0.5) is 0 Å². The van der Waals surface area contributed by atoms with Crippen LogP contribution in [-0.4, -0.2) is 12.2 Å². The summed E-state index contributed by atoms with van der Waals surface area (Å²) >= 11 is 0. The van der Waals surface area contributed by atoms with Gasteiger partial charge < -0.3 is 4.74 Å². The summed E-state index contributed by atoms with van der Waals surface area (Å²) in [7, 11) is 0. The quantitative estimate of drug-likeness (QED) is 0.618. The Morgan fingerprint density at radius 1 is 1.24 bits per heavy atom. The first-order chi connectivity index (χ1) is 10.3. The van der Waals surface area contributed by atoms with Gasteiger partial charge in [-0.2, -0.15) is 0 Å². The molecule has 0 aromatic heterocycles. The van der Waals surface area contributed by atoms with E-state index in [4.69, 9.17) is 10.6 Å². The maximum atomic E-state index is 6.24. The van der Waals surface area contributed by atoms with Crippen molar-refractivity contribution in [2.24, 2.45) is 5.84 Å². The number of hydrogen-bond donors (Lipinski definition) is 2. The fourth-order valence-corrected chi connectivity index (χ4v) is 4.17. The number of hydrogen-bond acceptors (Lipinski definition) is 3. The van der Waals surface area contributed by atoms with E-state index in [9.17, 15) is 0 Å². The summed E-state index contributed by atoms with van der Waals surface area (Å²) in [5.74, 6) is 6.72. The summed E-state index contributed by atoms with van der Waals surface area (Å²) in [6.07, 6.45) is 8.68. The molecule has 0 saturated heterocycles. The predicted molar refractivity (Wildman–Crippen MR) is 85.9 cm³/mol. The van der Waals surface area contributed by atoms with Crippen molar-refractivity contribution < 1.29 is 4.74 Å². The largest absolute Gasteiger partial charge is 0.373 e. The molecule has 0 bridgehead atoms. The molecule has 0 heterocycles. The van der Waals surface area contributed by atoms with Gasteiger partial charge in [0, 0.05) is 6.61 Å². The minimum absolute atomic E-state index is 0.108. The van der Waals surface area contributed by atoms with Gasteiger partial charge in [-0.05, 0) is 49.7 Å². The molecular weight excluding hydrogens is 260 g/mol. The molecule has 2 saturated carbocycles. The Labute approximate surface area is 128 Å². The third-order valence-electron chi connectivity index (χ3n) is 5.43. The molecule has 2 aliphatic carbocycles. The van der Waals surface area contributed by atoms with E-state index in [0.717, 1.165) is 25.4 Å². The van der Waals surface area contributed by atoms with E-state index in [0.29, 0.717) is 0 Å². The van der Waals surface area contributed by atoms with E-state index in [1.807, 2.05) is 0 Å². The number of ether oxygens (including phenoxy) is 1. The van der Waals surface area contributed by atoms with E-state index in [-0.39, 0.29) is 11.6 Å². The van der Waals surface area contributed by atoms with E-state index in [1.165, 1.54) is 43.2 Å². The van der Waals surface area contributed by atoms with Gasteiger partial charge in [0.05, 0.1) is 11.6 Å². The van der Waals surface area contributed by atoms with Crippen molar-refractivity contribution in [3.8, 4) is 0 Å². The summed E-state index contributed by atoms with van der Waals surface area (Å²) in [4.78, 5) is 0. The fraction of sp³-hybridized carbons (Fsp3) is 0.667. The van der Waals surface area contributed by atoms with Crippen LogP contribution in [0.1, 0.15) is 75.0 Å². The minimum atomic E-state index is -0.122. The SMILES string of the molecule is CCOC1(C(NN)c2ccccc2C2CCC2)CCCC1. The molecule has 0 spiro atoms. The first kappa shape index (κ1) is 15.0. The normalized spacial score (nSPS) is 23.0. The molecule has 3 rings (SSSR count). The molecule has 2 fully saturated rings. The van der Waals surface area contributed by atoms with Crippen molar-refractivity contribution in [1.29, 1.82) is 0 Å². The first-order valence-electron chi connectivity index (χ1n) is 8.49. The van der Waals surface area contributed by atoms with Crippen molar-refractivity contribution in [1.82, 2.24) is 5.43 Å². The van der Waals surface area contributed by atoms with Crippen LogP contribution in [0.2, 0.25) is 0 Å². The third-order valence-corrected chi connectivity index (χ3v) is 5.43. The second-order valence-corrected chi connectivity index (χ2v) is 6.56. The molecule has 3 N–H and O–H groups in total. The zero-order valence-corrected chi connectivity index (χ0v) is 13.1. The van der Waals surface area contributed by atoms with Crippen LogP contribution < -0.4 is 11.3 Å². The smallest absolute Gasteiger partial charge is 0.0889 e. The first-order valence-corrected chi connectivity index (χ1v) is 8.49. The lowest BCUT2D eigenvalue weighted by Crippen LogP contribution is -2.47. The molecule has 0 aliphatic heterocycles. The lowest BCUT2D eigenvalue weighted by atomic mass is 9.75. The highest BCUT2D eigenvalue weighted by molar-refractivity contribution is 5.36. The Hall–Kier alpha value is -0.900. The maximum Gasteiger partial charge on any atom is 0.0889 e. The lowest BCUT2D eigenvalue weighted by Gasteiger charge is -2.39. The summed E-state index contributed by atoms with van der Waals surface area (Å²) < 4.78 is 6.24. The molecule has 1 aromatic carbocycles. The number of hydrazine groups is 1. The van der Waals surface area contributed by atoms with Crippen LogP contribution in [0.5, 0.6) is 0 Å². The Bertz CT molecular complexity index is 464. The molecule has 2 aliphatic rings. The van der Waals surface area contributed by atoms with Gasteiger partial charge in [0.15, 0.2) is 0 Å². The Kier molecular flexibility index (Phi) is 4.63. The van der Waals surface area contributed by atoms with Crippen molar-refractivity contribution in [2.45, 2.75) is 69.4 Å². The van der Waals surface area contributed by atoms with Gasteiger partial charge in [-0.1, -0.05) is 43.5 Å². The van der Waals surface area contributed by atoms with Gasteiger partial charge in [0.2, 0.25) is 0 Å². The fourth-order valence-electron chi connectivity index (χ4n) is 4.17. The molecule has 0 radical (unpaired) electrons. The molecule has 1 unspecified atom stereocenters. The molecule has 1 atom stereocenters. The van der Waals surface area contributed by atoms with Gasteiger partial charge in [0.1, 0.15) is 0 Å². The van der Waals surface area contributed by atoms with Crippen LogP contribution in [0.25, 0.3) is 0 Å². The highest BCUT2D eigenvalue weighted by Crippen LogP contribution is 2.46. The number of rotatable bonds is 6. The van der Waals surface area contributed by atoms with Crippen molar-refractivity contribution in [3.05, 3.63) is 35.4 Å². The molecule has 0 amide bonds. The highest BCUT2D eigenvalue weighted by atomic mass is 16.5. The Morgan fingerprint density at radius 2 is 1.95 bits per heavy atom. The topological polar surface area (TPSA) is 47.3 Å². The van der Waals surface area contributed by atoms with Crippen molar-refractivity contribution in [2.75, 3.05) is 6.61 Å².